The number of nitrogens with zero attached hydrogens (tertiary/aromatic N) is 3. The molecule has 0 saturated carbocycles. The van der Waals surface area contributed by atoms with Gasteiger partial charge >= 0.3 is 12.1 Å². The highest BCUT2D eigenvalue weighted by atomic mass is 19.4. The molecule has 0 unspecified atom stereocenters. The Morgan fingerprint density at radius 1 is 1.28 bits per heavy atom. The van der Waals surface area contributed by atoms with E-state index in [1.54, 1.807) is 0 Å². The number of carbonyl (C=O) groups is 1. The molecule has 2 heterocycles. The third kappa shape index (κ3) is 4.30. The molecular weight excluding hydrogens is 389 g/mol. The number of H-pyrrole nitrogens is 1. The van der Waals surface area contributed by atoms with Gasteiger partial charge in [-0.1, -0.05) is 35.5 Å². The van der Waals surface area contributed by atoms with Crippen molar-refractivity contribution in [3.8, 4) is 0 Å². The Morgan fingerprint density at radius 3 is 2.83 bits per heavy atom. The van der Waals surface area contributed by atoms with Gasteiger partial charge in [-0.15, -0.1) is 0 Å². The van der Waals surface area contributed by atoms with E-state index in [1.165, 1.54) is 0 Å². The minimum absolute atomic E-state index is 0.0358. The lowest BCUT2D eigenvalue weighted by atomic mass is 9.86. The number of aromatic amines is 1. The minimum Gasteiger partial charge on any atom is -0.455 e. The summed E-state index contributed by atoms with van der Waals surface area (Å²) in [6.45, 7) is -0.221. The van der Waals surface area contributed by atoms with Crippen molar-refractivity contribution in [1.82, 2.24) is 20.3 Å². The number of carbonyl (C=O) groups excluding carboxylic acids is 1. The maximum Gasteiger partial charge on any atom is 0.435 e. The normalized spacial score (nSPS) is 16.4. The second-order valence-corrected chi connectivity index (χ2v) is 6.84. The molecule has 4 rings (SSSR count). The average molecular weight is 406 g/mol. The van der Waals surface area contributed by atoms with Crippen LogP contribution in [0.15, 0.2) is 34.9 Å². The number of aryl methyl sites for hydroxylation is 1. The second-order valence-electron chi connectivity index (χ2n) is 6.84. The van der Waals surface area contributed by atoms with E-state index in [4.69, 9.17) is 9.26 Å². The van der Waals surface area contributed by atoms with Crippen molar-refractivity contribution < 1.29 is 27.2 Å². The van der Waals surface area contributed by atoms with Crippen LogP contribution in [0.3, 0.4) is 0 Å². The Morgan fingerprint density at radius 2 is 2.07 bits per heavy atom. The van der Waals surface area contributed by atoms with E-state index in [1.807, 2.05) is 30.3 Å². The molecular formula is C19H17F3N4O3. The van der Waals surface area contributed by atoms with Gasteiger partial charge in [0.05, 0.1) is 5.92 Å². The predicted molar refractivity (Wildman–Crippen MR) is 92.4 cm³/mol. The van der Waals surface area contributed by atoms with E-state index in [0.29, 0.717) is 30.8 Å². The molecule has 1 aliphatic rings. The van der Waals surface area contributed by atoms with Crippen molar-refractivity contribution in [1.29, 1.82) is 0 Å². The Balaban J connectivity index is 1.34. The molecule has 0 radical (unpaired) electrons. The highest BCUT2D eigenvalue weighted by molar-refractivity contribution is 5.73. The molecule has 0 saturated heterocycles. The van der Waals surface area contributed by atoms with E-state index < -0.39 is 23.8 Å². The summed E-state index contributed by atoms with van der Waals surface area (Å²) < 4.78 is 49.4. The van der Waals surface area contributed by atoms with Crippen molar-refractivity contribution in [3.05, 3.63) is 64.6 Å². The van der Waals surface area contributed by atoms with Gasteiger partial charge in [-0.2, -0.15) is 23.3 Å². The van der Waals surface area contributed by atoms with E-state index in [2.05, 4.69) is 20.3 Å². The van der Waals surface area contributed by atoms with E-state index >= 15 is 0 Å². The third-order valence-electron chi connectivity index (χ3n) is 4.80. The number of aromatic nitrogens is 4. The summed E-state index contributed by atoms with van der Waals surface area (Å²) in [4.78, 5) is 16.5. The maximum atomic E-state index is 13.0. The van der Waals surface area contributed by atoms with Crippen LogP contribution >= 0.6 is 0 Å². The summed E-state index contributed by atoms with van der Waals surface area (Å²) in [6, 6.07) is 9.56. The summed E-state index contributed by atoms with van der Waals surface area (Å²) in [5.74, 6) is -0.668. The zero-order chi connectivity index (χ0) is 20.4. The molecule has 2 aromatic heterocycles. The summed E-state index contributed by atoms with van der Waals surface area (Å²) in [7, 11) is 0. The molecule has 29 heavy (non-hydrogen) atoms. The molecule has 7 nitrogen and oxygen atoms in total. The van der Waals surface area contributed by atoms with Crippen molar-refractivity contribution in [2.45, 2.75) is 38.5 Å². The minimum atomic E-state index is -4.56. The van der Waals surface area contributed by atoms with Crippen LogP contribution in [0, 0.1) is 5.92 Å². The molecule has 0 amide bonds. The Hall–Kier alpha value is -3.17. The van der Waals surface area contributed by atoms with Gasteiger partial charge in [0.25, 0.3) is 5.89 Å². The zero-order valence-corrected chi connectivity index (χ0v) is 15.2. The van der Waals surface area contributed by atoms with Gasteiger partial charge in [0, 0.05) is 17.7 Å². The van der Waals surface area contributed by atoms with Crippen LogP contribution in [0.2, 0.25) is 0 Å². The lowest BCUT2D eigenvalue weighted by Crippen LogP contribution is -2.25. The van der Waals surface area contributed by atoms with Gasteiger partial charge in [0.2, 0.25) is 0 Å². The van der Waals surface area contributed by atoms with Crippen molar-refractivity contribution in [3.63, 3.8) is 0 Å². The van der Waals surface area contributed by atoms with Gasteiger partial charge in [-0.05, 0) is 24.8 Å². The summed E-state index contributed by atoms with van der Waals surface area (Å²) in [6.07, 6.45) is -3.46. The monoisotopic (exact) mass is 406 g/mol. The molecule has 0 bridgehead atoms. The van der Waals surface area contributed by atoms with Crippen molar-refractivity contribution in [2.24, 2.45) is 5.92 Å². The fraction of sp³-hybridized carbons (Fsp3) is 0.368. The largest absolute Gasteiger partial charge is 0.455 e. The molecule has 0 fully saturated rings. The van der Waals surface area contributed by atoms with Crippen LogP contribution in [-0.2, 0) is 41.6 Å². The zero-order valence-electron chi connectivity index (χ0n) is 15.2. The SMILES string of the molecule is O=C(OCc1nc(Cc2ccccc2)no1)[C@H]1CCc2[nH]nc(C(F)(F)F)c2C1. The van der Waals surface area contributed by atoms with Gasteiger partial charge in [0.15, 0.2) is 18.1 Å². The first-order valence-electron chi connectivity index (χ1n) is 9.05. The fourth-order valence-electron chi connectivity index (χ4n) is 3.38. The standard InChI is InChI=1S/C19H17F3N4O3/c20-19(21,22)17-13-9-12(6-7-14(13)24-25-17)18(27)28-10-16-23-15(26-29-16)8-11-4-2-1-3-5-11/h1-5,12H,6-10H2,(H,24,25)/t12-/m0/s1. The summed E-state index contributed by atoms with van der Waals surface area (Å²) >= 11 is 0. The number of fused-ring (bicyclic) bond motifs is 1. The number of esters is 1. The lowest BCUT2D eigenvalue weighted by molar-refractivity contribution is -0.152. The fourth-order valence-corrected chi connectivity index (χ4v) is 3.38. The highest BCUT2D eigenvalue weighted by Crippen LogP contribution is 2.36. The topological polar surface area (TPSA) is 93.9 Å². The summed E-state index contributed by atoms with van der Waals surface area (Å²) in [5.41, 5.74) is 0.500. The number of hydrogen-bond acceptors (Lipinski definition) is 6. The van der Waals surface area contributed by atoms with E-state index in [0.717, 1.165) is 5.56 Å². The molecule has 1 aromatic carbocycles. The van der Waals surface area contributed by atoms with Crippen molar-refractivity contribution in [2.75, 3.05) is 0 Å². The number of nitrogens with one attached hydrogen (secondary N) is 1. The highest BCUT2D eigenvalue weighted by Gasteiger charge is 2.40. The molecule has 3 aromatic rings. The van der Waals surface area contributed by atoms with Crippen LogP contribution in [0.25, 0.3) is 0 Å². The van der Waals surface area contributed by atoms with E-state index in [9.17, 15) is 18.0 Å². The molecule has 0 aliphatic heterocycles. The first-order valence-corrected chi connectivity index (χ1v) is 9.05. The van der Waals surface area contributed by atoms with Crippen LogP contribution in [-0.4, -0.2) is 26.3 Å². The lowest BCUT2D eigenvalue weighted by Gasteiger charge is -2.21. The van der Waals surface area contributed by atoms with Crippen LogP contribution in [0.4, 0.5) is 13.2 Å². The van der Waals surface area contributed by atoms with Crippen LogP contribution in [0.5, 0.6) is 0 Å². The maximum absolute atomic E-state index is 13.0. The van der Waals surface area contributed by atoms with Crippen molar-refractivity contribution >= 4 is 5.97 Å². The van der Waals surface area contributed by atoms with Gasteiger partial charge in [-0.3, -0.25) is 9.89 Å². The molecule has 1 N–H and O–H groups in total. The number of rotatable bonds is 5. The number of alkyl halides is 3. The molecule has 1 atom stereocenters. The second kappa shape index (κ2) is 7.69. The molecule has 10 heteroatoms. The van der Waals surface area contributed by atoms with Crippen LogP contribution < -0.4 is 0 Å². The number of ether oxygens (including phenoxy) is 1. The Labute approximate surface area is 163 Å². The van der Waals surface area contributed by atoms with E-state index in [-0.39, 0.29) is 24.5 Å². The van der Waals surface area contributed by atoms with Gasteiger partial charge in [-0.25, -0.2) is 0 Å². The van der Waals surface area contributed by atoms with Gasteiger partial charge < -0.3 is 9.26 Å². The average Bonchev–Trinajstić information content (AvgIpc) is 3.32. The third-order valence-corrected chi connectivity index (χ3v) is 4.80. The number of halogens is 3. The summed E-state index contributed by atoms with van der Waals surface area (Å²) in [5, 5.41) is 9.62. The molecule has 152 valence electrons. The predicted octanol–water partition coefficient (Wildman–Crippen LogP) is 3.25. The smallest absolute Gasteiger partial charge is 0.435 e. The first-order chi connectivity index (χ1) is 13.9. The Bertz CT molecular complexity index is 998. The quantitative estimate of drug-likeness (QED) is 0.654. The number of benzene rings is 1. The van der Waals surface area contributed by atoms with Gasteiger partial charge in [0.1, 0.15) is 0 Å². The Kier molecular flexibility index (Phi) is 5.08. The molecule has 1 aliphatic carbocycles. The van der Waals surface area contributed by atoms with Crippen LogP contribution in [0.1, 0.15) is 40.7 Å². The first kappa shape index (κ1) is 19.2. The molecule has 0 spiro atoms. The number of hydrogen-bond donors (Lipinski definition) is 1.